The minimum absolute atomic E-state index is 0.184. The zero-order valence-corrected chi connectivity index (χ0v) is 17.5. The summed E-state index contributed by atoms with van der Waals surface area (Å²) >= 11 is 0. The summed E-state index contributed by atoms with van der Waals surface area (Å²) in [6, 6.07) is 0.190. The standard InChI is InChI=1S/C22H39NO4/c1-4-5-6-10-19(24)16-18(3)20-11-8-12-21(25)23(20)15-14-17(2)9-7-13-22(26)27/h14,18-20,24H,4-13,15-16H2,1-3H3,(H,26,27)/b17-14+/t18-,19?,20+/m0/s1. The van der Waals surface area contributed by atoms with Crippen molar-refractivity contribution in [3.05, 3.63) is 11.6 Å². The van der Waals surface area contributed by atoms with Gasteiger partial charge in [-0.05, 0) is 51.4 Å². The molecular weight excluding hydrogens is 342 g/mol. The lowest BCUT2D eigenvalue weighted by Gasteiger charge is -2.39. The first-order valence-electron chi connectivity index (χ1n) is 10.7. The molecule has 0 spiro atoms. The zero-order chi connectivity index (χ0) is 20.2. The van der Waals surface area contributed by atoms with Crippen molar-refractivity contribution in [3.8, 4) is 0 Å². The van der Waals surface area contributed by atoms with Gasteiger partial charge in [-0.3, -0.25) is 9.59 Å². The Kier molecular flexibility index (Phi) is 11.3. The van der Waals surface area contributed by atoms with Crippen LogP contribution in [0.15, 0.2) is 11.6 Å². The number of unbranched alkanes of at least 4 members (excludes halogenated alkanes) is 2. The zero-order valence-electron chi connectivity index (χ0n) is 17.5. The van der Waals surface area contributed by atoms with Crippen molar-refractivity contribution in [2.45, 2.75) is 104 Å². The fourth-order valence-corrected chi connectivity index (χ4v) is 3.98. The molecule has 0 radical (unpaired) electrons. The van der Waals surface area contributed by atoms with Crippen molar-refractivity contribution in [1.82, 2.24) is 4.90 Å². The van der Waals surface area contributed by atoms with E-state index < -0.39 is 5.97 Å². The van der Waals surface area contributed by atoms with Crippen LogP contribution < -0.4 is 0 Å². The van der Waals surface area contributed by atoms with Gasteiger partial charge in [0.05, 0.1) is 6.10 Å². The van der Waals surface area contributed by atoms with E-state index in [0.717, 1.165) is 56.9 Å². The number of carbonyl (C=O) groups is 2. The van der Waals surface area contributed by atoms with Crippen LogP contribution in [0.25, 0.3) is 0 Å². The van der Waals surface area contributed by atoms with Crippen molar-refractivity contribution < 1.29 is 19.8 Å². The minimum atomic E-state index is -0.764. The molecule has 5 nitrogen and oxygen atoms in total. The molecule has 1 fully saturated rings. The molecule has 0 saturated carbocycles. The van der Waals surface area contributed by atoms with E-state index in [9.17, 15) is 14.7 Å². The Balaban J connectivity index is 2.57. The molecule has 2 N–H and O–H groups in total. The summed E-state index contributed by atoms with van der Waals surface area (Å²) in [5.74, 6) is -0.278. The summed E-state index contributed by atoms with van der Waals surface area (Å²) < 4.78 is 0. The number of amides is 1. The van der Waals surface area contributed by atoms with Gasteiger partial charge in [-0.25, -0.2) is 0 Å². The molecule has 156 valence electrons. The van der Waals surface area contributed by atoms with Gasteiger partial charge in [0, 0.05) is 25.4 Å². The van der Waals surface area contributed by atoms with E-state index in [1.807, 2.05) is 11.8 Å². The van der Waals surface area contributed by atoms with Gasteiger partial charge in [0.15, 0.2) is 0 Å². The molecule has 5 heteroatoms. The van der Waals surface area contributed by atoms with Crippen molar-refractivity contribution in [2.24, 2.45) is 5.92 Å². The molecule has 1 saturated heterocycles. The second kappa shape index (κ2) is 12.9. The lowest BCUT2D eigenvalue weighted by molar-refractivity contribution is -0.138. The van der Waals surface area contributed by atoms with Crippen LogP contribution >= 0.6 is 0 Å². The SMILES string of the molecule is CCCCCC(O)C[C@H](C)[C@H]1CCCC(=O)N1C/C=C(\C)CCCC(=O)O. The lowest BCUT2D eigenvalue weighted by Crippen LogP contribution is -2.47. The molecule has 0 bridgehead atoms. The van der Waals surface area contributed by atoms with Gasteiger partial charge in [-0.15, -0.1) is 0 Å². The Morgan fingerprint density at radius 1 is 1.30 bits per heavy atom. The number of carbonyl (C=O) groups excluding carboxylic acids is 1. The van der Waals surface area contributed by atoms with Crippen LogP contribution in [0.5, 0.6) is 0 Å². The van der Waals surface area contributed by atoms with Crippen molar-refractivity contribution in [2.75, 3.05) is 6.54 Å². The number of allylic oxidation sites excluding steroid dienone is 1. The second-order valence-electron chi connectivity index (χ2n) is 8.17. The predicted molar refractivity (Wildman–Crippen MR) is 109 cm³/mol. The van der Waals surface area contributed by atoms with E-state index in [0.29, 0.717) is 19.4 Å². The second-order valence-corrected chi connectivity index (χ2v) is 8.17. The third-order valence-electron chi connectivity index (χ3n) is 5.65. The molecule has 1 aliphatic heterocycles. The lowest BCUT2D eigenvalue weighted by atomic mass is 9.86. The highest BCUT2D eigenvalue weighted by Crippen LogP contribution is 2.28. The fraction of sp³-hybridized carbons (Fsp3) is 0.818. The number of aliphatic carboxylic acids is 1. The van der Waals surface area contributed by atoms with Crippen molar-refractivity contribution >= 4 is 11.9 Å². The average molecular weight is 382 g/mol. The number of hydrogen-bond acceptors (Lipinski definition) is 3. The van der Waals surface area contributed by atoms with E-state index in [1.165, 1.54) is 0 Å². The highest BCUT2D eigenvalue weighted by atomic mass is 16.4. The summed E-state index contributed by atoms with van der Waals surface area (Å²) in [7, 11) is 0. The van der Waals surface area contributed by atoms with E-state index in [2.05, 4.69) is 19.9 Å². The largest absolute Gasteiger partial charge is 0.481 e. The highest BCUT2D eigenvalue weighted by Gasteiger charge is 2.31. The maximum Gasteiger partial charge on any atom is 0.303 e. The van der Waals surface area contributed by atoms with Crippen LogP contribution in [0.3, 0.4) is 0 Å². The number of aliphatic hydroxyl groups excluding tert-OH is 1. The van der Waals surface area contributed by atoms with Gasteiger partial charge in [0.25, 0.3) is 0 Å². The quantitative estimate of drug-likeness (QED) is 0.363. The van der Waals surface area contributed by atoms with Crippen LogP contribution in [0.4, 0.5) is 0 Å². The molecule has 1 unspecified atom stereocenters. The molecule has 1 amide bonds. The molecular formula is C22H39NO4. The Bertz CT molecular complexity index is 489. The van der Waals surface area contributed by atoms with Gasteiger partial charge in [0.2, 0.25) is 5.91 Å². The van der Waals surface area contributed by atoms with Crippen molar-refractivity contribution in [3.63, 3.8) is 0 Å². The van der Waals surface area contributed by atoms with Crippen LogP contribution in [0.1, 0.15) is 91.4 Å². The molecule has 3 atom stereocenters. The smallest absolute Gasteiger partial charge is 0.303 e. The molecule has 0 aromatic carbocycles. The predicted octanol–water partition coefficient (Wildman–Crippen LogP) is 4.54. The topological polar surface area (TPSA) is 77.8 Å². The number of aliphatic hydroxyl groups is 1. The monoisotopic (exact) mass is 381 g/mol. The van der Waals surface area contributed by atoms with Crippen LogP contribution in [-0.4, -0.2) is 45.7 Å². The molecule has 1 aliphatic rings. The van der Waals surface area contributed by atoms with E-state index in [1.54, 1.807) is 0 Å². The Hall–Kier alpha value is -1.36. The molecule has 1 heterocycles. The van der Waals surface area contributed by atoms with Crippen molar-refractivity contribution in [1.29, 1.82) is 0 Å². The number of carboxylic acid groups (broad SMARTS) is 1. The third-order valence-corrected chi connectivity index (χ3v) is 5.65. The normalized spacial score (nSPS) is 20.6. The van der Waals surface area contributed by atoms with Crippen LogP contribution in [-0.2, 0) is 9.59 Å². The Morgan fingerprint density at radius 2 is 2.04 bits per heavy atom. The molecule has 27 heavy (non-hydrogen) atoms. The van der Waals surface area contributed by atoms with Gasteiger partial charge >= 0.3 is 5.97 Å². The summed E-state index contributed by atoms with van der Waals surface area (Å²) in [4.78, 5) is 25.1. The first-order valence-corrected chi connectivity index (χ1v) is 10.7. The van der Waals surface area contributed by atoms with E-state index >= 15 is 0 Å². The summed E-state index contributed by atoms with van der Waals surface area (Å²) in [5, 5.41) is 19.1. The van der Waals surface area contributed by atoms with E-state index in [4.69, 9.17) is 5.11 Å². The number of hydrogen-bond donors (Lipinski definition) is 2. The Labute approximate surface area is 164 Å². The first-order chi connectivity index (χ1) is 12.8. The van der Waals surface area contributed by atoms with Gasteiger partial charge < -0.3 is 15.1 Å². The van der Waals surface area contributed by atoms with Gasteiger partial charge in [-0.2, -0.15) is 0 Å². The summed E-state index contributed by atoms with van der Waals surface area (Å²) in [5.41, 5.74) is 1.14. The van der Waals surface area contributed by atoms with Crippen LogP contribution in [0.2, 0.25) is 0 Å². The molecule has 0 aromatic rings. The third kappa shape index (κ3) is 9.41. The molecule has 0 aromatic heterocycles. The number of carboxylic acids is 1. The van der Waals surface area contributed by atoms with E-state index in [-0.39, 0.29) is 30.4 Å². The number of likely N-dealkylation sites (tertiary alicyclic amines) is 1. The van der Waals surface area contributed by atoms with Gasteiger partial charge in [-0.1, -0.05) is 44.8 Å². The van der Waals surface area contributed by atoms with Gasteiger partial charge in [0.1, 0.15) is 0 Å². The average Bonchev–Trinajstić information content (AvgIpc) is 2.60. The minimum Gasteiger partial charge on any atom is -0.481 e. The Morgan fingerprint density at radius 3 is 2.70 bits per heavy atom. The maximum absolute atomic E-state index is 12.5. The fourth-order valence-electron chi connectivity index (χ4n) is 3.98. The summed E-state index contributed by atoms with van der Waals surface area (Å²) in [6.07, 6.45) is 10.9. The van der Waals surface area contributed by atoms with Crippen LogP contribution in [0, 0.1) is 5.92 Å². The maximum atomic E-state index is 12.5. The summed E-state index contributed by atoms with van der Waals surface area (Å²) in [6.45, 7) is 6.92. The number of piperidine rings is 1. The first kappa shape index (κ1) is 23.7. The highest BCUT2D eigenvalue weighted by molar-refractivity contribution is 5.77. The number of rotatable bonds is 13. The number of nitrogens with zero attached hydrogens (tertiary/aromatic N) is 1. The molecule has 0 aliphatic carbocycles. The molecule has 1 rings (SSSR count).